The van der Waals surface area contributed by atoms with Gasteiger partial charge in [0.05, 0.1) is 12.0 Å². The van der Waals surface area contributed by atoms with Gasteiger partial charge in [-0.05, 0) is 23.3 Å². The zero-order chi connectivity index (χ0) is 17.5. The van der Waals surface area contributed by atoms with Crippen molar-refractivity contribution in [3.8, 4) is 0 Å². The minimum Gasteiger partial charge on any atom is -0.480 e. The van der Waals surface area contributed by atoms with Crippen molar-refractivity contribution < 1.29 is 24.6 Å². The molecule has 1 atom stereocenters. The number of amides is 1. The summed E-state index contributed by atoms with van der Waals surface area (Å²) in [7, 11) is 0. The molecule has 0 bridgehead atoms. The highest BCUT2D eigenvalue weighted by molar-refractivity contribution is 5.87. The number of aromatic carboxylic acids is 1. The average molecular weight is 327 g/mol. The van der Waals surface area contributed by atoms with Crippen LogP contribution in [0.4, 0.5) is 0 Å². The zero-order valence-corrected chi connectivity index (χ0v) is 12.8. The number of carbonyl (C=O) groups excluding carboxylic acids is 1. The maximum absolute atomic E-state index is 12.0. The lowest BCUT2D eigenvalue weighted by atomic mass is 10.0. The topological polar surface area (TPSA) is 104 Å². The maximum Gasteiger partial charge on any atom is 0.335 e. The predicted octanol–water partition coefficient (Wildman–Crippen LogP) is 1.74. The van der Waals surface area contributed by atoms with E-state index in [2.05, 4.69) is 5.32 Å². The second-order valence-corrected chi connectivity index (χ2v) is 5.33. The first-order valence-electron chi connectivity index (χ1n) is 7.34. The molecule has 0 fully saturated rings. The van der Waals surface area contributed by atoms with Gasteiger partial charge in [0.1, 0.15) is 6.04 Å². The van der Waals surface area contributed by atoms with E-state index in [1.165, 1.54) is 12.1 Å². The van der Waals surface area contributed by atoms with E-state index in [9.17, 15) is 19.5 Å². The highest BCUT2D eigenvalue weighted by atomic mass is 16.4. The number of benzene rings is 2. The van der Waals surface area contributed by atoms with Crippen LogP contribution in [0.5, 0.6) is 0 Å². The van der Waals surface area contributed by atoms with Crippen molar-refractivity contribution in [2.24, 2.45) is 0 Å². The van der Waals surface area contributed by atoms with Crippen molar-refractivity contribution in [3.05, 3.63) is 71.3 Å². The van der Waals surface area contributed by atoms with E-state index < -0.39 is 18.0 Å². The Morgan fingerprint density at radius 3 is 2.04 bits per heavy atom. The molecule has 0 saturated heterocycles. The molecule has 3 N–H and O–H groups in total. The highest BCUT2D eigenvalue weighted by Crippen LogP contribution is 2.08. The molecular formula is C18H17NO5. The molecule has 0 aromatic heterocycles. The first kappa shape index (κ1) is 17.2. The van der Waals surface area contributed by atoms with Crippen LogP contribution >= 0.6 is 0 Å². The number of rotatable bonds is 7. The third-order valence-corrected chi connectivity index (χ3v) is 3.48. The molecule has 0 heterocycles. The van der Waals surface area contributed by atoms with Crippen LogP contribution in [-0.2, 0) is 22.4 Å². The number of hydrogen-bond acceptors (Lipinski definition) is 3. The fraction of sp³-hybridized carbons (Fsp3) is 0.167. The Bertz CT molecular complexity index is 725. The van der Waals surface area contributed by atoms with Crippen LogP contribution in [0.15, 0.2) is 54.6 Å². The van der Waals surface area contributed by atoms with E-state index in [-0.39, 0.29) is 24.3 Å². The molecule has 2 aromatic carbocycles. The maximum atomic E-state index is 12.0. The van der Waals surface area contributed by atoms with E-state index in [0.29, 0.717) is 5.56 Å². The van der Waals surface area contributed by atoms with Crippen LogP contribution in [0.25, 0.3) is 0 Å². The van der Waals surface area contributed by atoms with E-state index in [4.69, 9.17) is 5.11 Å². The Morgan fingerprint density at radius 1 is 0.875 bits per heavy atom. The van der Waals surface area contributed by atoms with Crippen molar-refractivity contribution in [3.63, 3.8) is 0 Å². The molecule has 0 aliphatic carbocycles. The van der Waals surface area contributed by atoms with E-state index in [1.54, 1.807) is 36.4 Å². The number of hydrogen-bond donors (Lipinski definition) is 3. The normalized spacial score (nSPS) is 11.5. The molecule has 6 heteroatoms. The molecule has 0 aliphatic heterocycles. The average Bonchev–Trinajstić information content (AvgIpc) is 2.55. The van der Waals surface area contributed by atoms with Gasteiger partial charge in [-0.2, -0.15) is 0 Å². The number of carbonyl (C=O) groups is 3. The fourth-order valence-corrected chi connectivity index (χ4v) is 2.25. The summed E-state index contributed by atoms with van der Waals surface area (Å²) in [6.07, 6.45) is 0.179. The number of carboxylic acid groups (broad SMARTS) is 2. The van der Waals surface area contributed by atoms with Crippen molar-refractivity contribution in [2.75, 3.05) is 0 Å². The minimum atomic E-state index is -1.14. The summed E-state index contributed by atoms with van der Waals surface area (Å²) in [5, 5.41) is 20.6. The van der Waals surface area contributed by atoms with E-state index >= 15 is 0 Å². The molecular weight excluding hydrogens is 310 g/mol. The smallest absolute Gasteiger partial charge is 0.335 e. The highest BCUT2D eigenvalue weighted by Gasteiger charge is 2.20. The lowest BCUT2D eigenvalue weighted by molar-refractivity contribution is -0.141. The first-order chi connectivity index (χ1) is 11.5. The molecule has 124 valence electrons. The van der Waals surface area contributed by atoms with Gasteiger partial charge in [-0.25, -0.2) is 9.59 Å². The third kappa shape index (κ3) is 4.95. The van der Waals surface area contributed by atoms with Crippen LogP contribution in [0.2, 0.25) is 0 Å². The largest absolute Gasteiger partial charge is 0.480 e. The summed E-state index contributed by atoms with van der Waals surface area (Å²) in [5.74, 6) is -2.57. The van der Waals surface area contributed by atoms with Gasteiger partial charge < -0.3 is 15.5 Å². The van der Waals surface area contributed by atoms with Gasteiger partial charge in [-0.3, -0.25) is 4.79 Å². The lowest BCUT2D eigenvalue weighted by Crippen LogP contribution is -2.43. The molecule has 0 unspecified atom stereocenters. The monoisotopic (exact) mass is 327 g/mol. The van der Waals surface area contributed by atoms with Gasteiger partial charge >= 0.3 is 11.9 Å². The van der Waals surface area contributed by atoms with Gasteiger partial charge in [0.15, 0.2) is 0 Å². The van der Waals surface area contributed by atoms with Crippen molar-refractivity contribution in [1.82, 2.24) is 5.32 Å². The Hall–Kier alpha value is -3.15. The molecule has 0 spiro atoms. The quantitative estimate of drug-likeness (QED) is 0.718. The van der Waals surface area contributed by atoms with Crippen molar-refractivity contribution in [1.29, 1.82) is 0 Å². The van der Waals surface area contributed by atoms with Crippen LogP contribution in [0.3, 0.4) is 0 Å². The molecule has 2 aromatic rings. The van der Waals surface area contributed by atoms with E-state index in [1.807, 2.05) is 6.07 Å². The summed E-state index contributed by atoms with van der Waals surface area (Å²) < 4.78 is 0. The second-order valence-electron chi connectivity index (χ2n) is 5.33. The number of carboxylic acids is 2. The predicted molar refractivity (Wildman–Crippen MR) is 86.8 cm³/mol. The summed E-state index contributed by atoms with van der Waals surface area (Å²) >= 11 is 0. The van der Waals surface area contributed by atoms with Crippen LogP contribution in [0.1, 0.15) is 21.5 Å². The fourth-order valence-electron chi connectivity index (χ4n) is 2.25. The summed E-state index contributed by atoms with van der Waals surface area (Å²) in [6.45, 7) is 0. The van der Waals surface area contributed by atoms with Gasteiger partial charge in [0.2, 0.25) is 5.91 Å². The Labute approximate surface area is 138 Å². The standard InChI is InChI=1S/C18H17NO5/c20-16(11-12-4-2-1-3-5-12)19-15(18(23)24)10-13-6-8-14(9-7-13)17(21)22/h1-9,15H,10-11H2,(H,19,20)(H,21,22)(H,23,24)/t15-/m0/s1. The SMILES string of the molecule is O=C(Cc1ccccc1)N[C@@H](Cc1ccc(C(=O)O)cc1)C(=O)O. The summed E-state index contributed by atoms with van der Waals surface area (Å²) in [4.78, 5) is 34.2. The molecule has 1 amide bonds. The van der Waals surface area contributed by atoms with Crippen LogP contribution < -0.4 is 5.32 Å². The number of nitrogens with one attached hydrogen (secondary N) is 1. The Kier molecular flexibility index (Phi) is 5.68. The molecule has 0 radical (unpaired) electrons. The molecule has 0 saturated carbocycles. The van der Waals surface area contributed by atoms with Gasteiger partial charge in [0, 0.05) is 6.42 Å². The number of aliphatic carboxylic acids is 1. The van der Waals surface area contributed by atoms with Crippen LogP contribution in [0, 0.1) is 0 Å². The second kappa shape index (κ2) is 7.92. The first-order valence-corrected chi connectivity index (χ1v) is 7.34. The summed E-state index contributed by atoms with van der Waals surface area (Å²) in [6, 6.07) is 13.9. The molecule has 24 heavy (non-hydrogen) atoms. The molecule has 6 nitrogen and oxygen atoms in total. The third-order valence-electron chi connectivity index (χ3n) is 3.48. The van der Waals surface area contributed by atoms with E-state index in [0.717, 1.165) is 5.56 Å². The zero-order valence-electron chi connectivity index (χ0n) is 12.8. The van der Waals surface area contributed by atoms with Crippen molar-refractivity contribution >= 4 is 17.8 Å². The molecule has 2 rings (SSSR count). The Balaban J connectivity index is 2.00. The lowest BCUT2D eigenvalue weighted by Gasteiger charge is -2.15. The van der Waals surface area contributed by atoms with Gasteiger partial charge in [0.25, 0.3) is 0 Å². The Morgan fingerprint density at radius 2 is 1.50 bits per heavy atom. The minimum absolute atomic E-state index is 0.0791. The summed E-state index contributed by atoms with van der Waals surface area (Å²) in [5.41, 5.74) is 1.55. The van der Waals surface area contributed by atoms with Gasteiger partial charge in [-0.15, -0.1) is 0 Å². The van der Waals surface area contributed by atoms with Gasteiger partial charge in [-0.1, -0.05) is 42.5 Å². The van der Waals surface area contributed by atoms with Crippen molar-refractivity contribution in [2.45, 2.75) is 18.9 Å². The molecule has 0 aliphatic rings. The van der Waals surface area contributed by atoms with Crippen LogP contribution in [-0.4, -0.2) is 34.1 Å².